The van der Waals surface area contributed by atoms with Gasteiger partial charge in [-0.3, -0.25) is 4.79 Å². The number of carbonyl (C=O) groups excluding carboxylic acids is 2. The molecule has 0 aliphatic rings. The lowest BCUT2D eigenvalue weighted by Gasteiger charge is -2.10. The van der Waals surface area contributed by atoms with Gasteiger partial charge in [0.15, 0.2) is 11.5 Å². The fourth-order valence-corrected chi connectivity index (χ4v) is 2.58. The van der Waals surface area contributed by atoms with Crippen LogP contribution in [0.3, 0.4) is 0 Å². The molecule has 8 heteroatoms. The van der Waals surface area contributed by atoms with E-state index in [1.807, 2.05) is 0 Å². The van der Waals surface area contributed by atoms with Gasteiger partial charge in [-0.2, -0.15) is 5.10 Å². The molecule has 0 heterocycles. The van der Waals surface area contributed by atoms with E-state index in [1.165, 1.54) is 37.6 Å². The molecule has 0 saturated carbocycles. The van der Waals surface area contributed by atoms with Crippen molar-refractivity contribution in [3.05, 3.63) is 94.3 Å². The fourth-order valence-electron chi connectivity index (χ4n) is 2.45. The predicted octanol–water partition coefficient (Wildman–Crippen LogP) is 4.47. The van der Waals surface area contributed by atoms with Crippen molar-refractivity contribution in [3.63, 3.8) is 0 Å². The van der Waals surface area contributed by atoms with Crippen molar-refractivity contribution in [1.29, 1.82) is 0 Å². The highest BCUT2D eigenvalue weighted by Crippen LogP contribution is 2.28. The van der Waals surface area contributed by atoms with Crippen LogP contribution in [0, 0.1) is 5.82 Å². The Morgan fingerprint density at radius 2 is 1.77 bits per heavy atom. The number of esters is 1. The summed E-state index contributed by atoms with van der Waals surface area (Å²) in [6.45, 7) is 0. The number of hydrazone groups is 1. The van der Waals surface area contributed by atoms with E-state index in [2.05, 4.69) is 10.5 Å². The third-order valence-electron chi connectivity index (χ3n) is 3.94. The molecule has 3 aromatic carbocycles. The van der Waals surface area contributed by atoms with Crippen LogP contribution in [0.25, 0.3) is 0 Å². The Morgan fingerprint density at radius 3 is 2.47 bits per heavy atom. The molecule has 0 unspecified atom stereocenters. The molecule has 0 aliphatic carbocycles. The molecule has 3 aromatic rings. The number of amides is 1. The molecule has 0 saturated heterocycles. The van der Waals surface area contributed by atoms with Gasteiger partial charge in [0.2, 0.25) is 0 Å². The molecule has 1 amide bonds. The average Bonchev–Trinajstić information content (AvgIpc) is 2.75. The molecular formula is C22H16ClFN2O4. The summed E-state index contributed by atoms with van der Waals surface area (Å²) in [6.07, 6.45) is 1.41. The summed E-state index contributed by atoms with van der Waals surface area (Å²) >= 11 is 5.79. The van der Waals surface area contributed by atoms with Crippen LogP contribution in [0.15, 0.2) is 71.8 Å². The Balaban J connectivity index is 1.67. The highest BCUT2D eigenvalue weighted by molar-refractivity contribution is 6.30. The van der Waals surface area contributed by atoms with E-state index in [9.17, 15) is 14.0 Å². The van der Waals surface area contributed by atoms with Gasteiger partial charge in [0.1, 0.15) is 5.82 Å². The SMILES string of the molecule is COc1cc(/C=N\NC(=O)c2ccc(Cl)cc2)ccc1OC(=O)c1cccc(F)c1. The topological polar surface area (TPSA) is 77.0 Å². The van der Waals surface area contributed by atoms with Crippen LogP contribution in [-0.4, -0.2) is 25.2 Å². The van der Waals surface area contributed by atoms with E-state index in [0.717, 1.165) is 6.07 Å². The van der Waals surface area contributed by atoms with E-state index < -0.39 is 17.7 Å². The molecule has 1 N–H and O–H groups in total. The number of hydrogen-bond acceptors (Lipinski definition) is 5. The molecule has 0 aromatic heterocycles. The van der Waals surface area contributed by atoms with Crippen molar-refractivity contribution in [2.45, 2.75) is 0 Å². The third-order valence-corrected chi connectivity index (χ3v) is 4.19. The highest BCUT2D eigenvalue weighted by atomic mass is 35.5. The van der Waals surface area contributed by atoms with Crippen molar-refractivity contribution in [2.24, 2.45) is 5.10 Å². The van der Waals surface area contributed by atoms with Gasteiger partial charge < -0.3 is 9.47 Å². The maximum Gasteiger partial charge on any atom is 0.343 e. The molecule has 0 bridgehead atoms. The zero-order valence-corrected chi connectivity index (χ0v) is 16.5. The Hall–Kier alpha value is -3.71. The fraction of sp³-hybridized carbons (Fsp3) is 0.0455. The normalized spacial score (nSPS) is 10.6. The van der Waals surface area contributed by atoms with Gasteiger partial charge in [-0.1, -0.05) is 17.7 Å². The quantitative estimate of drug-likeness (QED) is 0.273. The molecule has 152 valence electrons. The zero-order valence-electron chi connectivity index (χ0n) is 15.8. The first-order chi connectivity index (χ1) is 14.5. The van der Waals surface area contributed by atoms with Crippen LogP contribution in [0.1, 0.15) is 26.3 Å². The third kappa shape index (κ3) is 5.42. The van der Waals surface area contributed by atoms with E-state index in [-0.39, 0.29) is 17.1 Å². The number of nitrogens with zero attached hydrogens (tertiary/aromatic N) is 1. The van der Waals surface area contributed by atoms with Crippen LogP contribution in [0.5, 0.6) is 11.5 Å². The lowest BCUT2D eigenvalue weighted by Crippen LogP contribution is -2.17. The minimum Gasteiger partial charge on any atom is -0.493 e. The van der Waals surface area contributed by atoms with Crippen LogP contribution in [0.2, 0.25) is 5.02 Å². The number of carbonyl (C=O) groups is 2. The van der Waals surface area contributed by atoms with Gasteiger partial charge >= 0.3 is 5.97 Å². The Bertz CT molecular complexity index is 1100. The molecule has 0 spiro atoms. The first-order valence-electron chi connectivity index (χ1n) is 8.71. The van der Waals surface area contributed by atoms with Crippen LogP contribution >= 0.6 is 11.6 Å². The first kappa shape index (κ1) is 21.0. The summed E-state index contributed by atoms with van der Waals surface area (Å²) < 4.78 is 23.8. The van der Waals surface area contributed by atoms with Crippen molar-refractivity contribution in [2.75, 3.05) is 7.11 Å². The minimum absolute atomic E-state index is 0.0765. The van der Waals surface area contributed by atoms with Gasteiger partial charge in [-0.15, -0.1) is 0 Å². The molecule has 30 heavy (non-hydrogen) atoms. The number of nitrogens with one attached hydrogen (secondary N) is 1. The summed E-state index contributed by atoms with van der Waals surface area (Å²) in [5, 5.41) is 4.43. The Kier molecular flexibility index (Phi) is 6.77. The number of ether oxygens (including phenoxy) is 2. The van der Waals surface area contributed by atoms with Crippen molar-refractivity contribution in [1.82, 2.24) is 5.43 Å². The summed E-state index contributed by atoms with van der Waals surface area (Å²) in [7, 11) is 1.41. The van der Waals surface area contributed by atoms with Crippen LogP contribution in [0.4, 0.5) is 4.39 Å². The van der Waals surface area contributed by atoms with Crippen molar-refractivity contribution >= 4 is 29.7 Å². The molecule has 0 fully saturated rings. The lowest BCUT2D eigenvalue weighted by molar-refractivity contribution is 0.0729. The number of rotatable bonds is 6. The maximum absolute atomic E-state index is 13.3. The van der Waals surface area contributed by atoms with E-state index in [0.29, 0.717) is 16.1 Å². The second kappa shape index (κ2) is 9.67. The molecule has 6 nitrogen and oxygen atoms in total. The van der Waals surface area contributed by atoms with Gasteiger partial charge in [0.05, 0.1) is 18.9 Å². The Morgan fingerprint density at radius 1 is 1.00 bits per heavy atom. The lowest BCUT2D eigenvalue weighted by atomic mass is 10.2. The largest absolute Gasteiger partial charge is 0.493 e. The standard InChI is InChI=1S/C22H16ClFN2O4/c1-29-20-11-14(13-25-26-21(27)15-6-8-17(23)9-7-15)5-10-19(20)30-22(28)16-3-2-4-18(24)12-16/h2-13H,1H3,(H,26,27)/b25-13-. The number of halogens is 2. The second-order valence-corrected chi connectivity index (χ2v) is 6.45. The number of methoxy groups -OCH3 is 1. The molecular weight excluding hydrogens is 411 g/mol. The average molecular weight is 427 g/mol. The van der Waals surface area contributed by atoms with Gasteiger partial charge in [0.25, 0.3) is 5.91 Å². The summed E-state index contributed by atoms with van der Waals surface area (Å²) in [5.41, 5.74) is 3.48. The van der Waals surface area contributed by atoms with Gasteiger partial charge in [-0.25, -0.2) is 14.6 Å². The van der Waals surface area contributed by atoms with E-state index in [1.54, 1.807) is 36.4 Å². The van der Waals surface area contributed by atoms with Gasteiger partial charge in [0, 0.05) is 10.6 Å². The molecule has 0 atom stereocenters. The van der Waals surface area contributed by atoms with Gasteiger partial charge in [-0.05, 0) is 66.2 Å². The molecule has 0 aliphatic heterocycles. The van der Waals surface area contributed by atoms with Crippen molar-refractivity contribution < 1.29 is 23.5 Å². The summed E-state index contributed by atoms with van der Waals surface area (Å²) in [4.78, 5) is 24.2. The highest BCUT2D eigenvalue weighted by Gasteiger charge is 2.13. The first-order valence-corrected chi connectivity index (χ1v) is 9.09. The number of benzene rings is 3. The monoisotopic (exact) mass is 426 g/mol. The molecule has 0 radical (unpaired) electrons. The smallest absolute Gasteiger partial charge is 0.343 e. The maximum atomic E-state index is 13.3. The summed E-state index contributed by atoms with van der Waals surface area (Å²) in [6, 6.07) is 16.3. The second-order valence-electron chi connectivity index (χ2n) is 6.02. The van der Waals surface area contributed by atoms with E-state index >= 15 is 0 Å². The van der Waals surface area contributed by atoms with Crippen LogP contribution < -0.4 is 14.9 Å². The van der Waals surface area contributed by atoms with Crippen LogP contribution in [-0.2, 0) is 0 Å². The predicted molar refractivity (Wildman–Crippen MR) is 111 cm³/mol. The minimum atomic E-state index is -0.718. The number of hydrogen-bond donors (Lipinski definition) is 1. The summed E-state index contributed by atoms with van der Waals surface area (Å²) in [5.74, 6) is -1.22. The molecule has 3 rings (SSSR count). The Labute approximate surface area is 176 Å². The van der Waals surface area contributed by atoms with Crippen molar-refractivity contribution in [3.8, 4) is 11.5 Å². The zero-order chi connectivity index (χ0) is 21.5. The van der Waals surface area contributed by atoms with E-state index in [4.69, 9.17) is 21.1 Å².